The molecule has 4 aromatic rings. The van der Waals surface area contributed by atoms with Crippen molar-refractivity contribution in [1.82, 2.24) is 14.6 Å². The molecule has 0 unspecified atom stereocenters. The Bertz CT molecular complexity index is 1200. The molecule has 0 aliphatic heterocycles. The fraction of sp³-hybridized carbons (Fsp3) is 0.150. The molecule has 4 rings (SSSR count). The summed E-state index contributed by atoms with van der Waals surface area (Å²) >= 11 is 7.21. The van der Waals surface area contributed by atoms with Gasteiger partial charge in [-0.1, -0.05) is 35.1 Å². The minimum Gasteiger partial charge on any atom is -0.491 e. The van der Waals surface area contributed by atoms with Gasteiger partial charge in [0.1, 0.15) is 5.75 Å². The molecule has 2 aromatic heterocycles. The van der Waals surface area contributed by atoms with E-state index in [0.29, 0.717) is 20.3 Å². The average Bonchev–Trinajstić information content (AvgIpc) is 3.17. The Morgan fingerprint density at radius 1 is 1.11 bits per heavy atom. The highest BCUT2D eigenvalue weighted by molar-refractivity contribution is 7.15. The molecule has 0 radical (unpaired) electrons. The number of ether oxygens (including phenoxy) is 1. The van der Waals surface area contributed by atoms with Gasteiger partial charge in [0.05, 0.1) is 10.6 Å². The van der Waals surface area contributed by atoms with E-state index in [9.17, 15) is 4.79 Å². The second-order valence-corrected chi connectivity index (χ2v) is 7.73. The molecule has 0 atom stereocenters. The fourth-order valence-corrected chi connectivity index (χ4v) is 3.65. The lowest BCUT2D eigenvalue weighted by Crippen LogP contribution is -2.23. The zero-order valence-electron chi connectivity index (χ0n) is 14.7. The average molecular weight is 398 g/mol. The molecule has 0 fully saturated rings. The number of fused-ring (bicyclic) bond motifs is 1. The zero-order valence-corrected chi connectivity index (χ0v) is 16.3. The SMILES string of the molecule is CC(C)Oc1ccc(-c2nc3s/c(=C\c4ccc(Cl)cc4)c(=O)n3n2)cc1. The molecule has 0 aliphatic carbocycles. The molecule has 0 spiro atoms. The van der Waals surface area contributed by atoms with Crippen molar-refractivity contribution in [2.24, 2.45) is 0 Å². The first-order valence-electron chi connectivity index (χ1n) is 8.43. The summed E-state index contributed by atoms with van der Waals surface area (Å²) in [5.41, 5.74) is 1.56. The zero-order chi connectivity index (χ0) is 19.0. The van der Waals surface area contributed by atoms with Gasteiger partial charge in [-0.25, -0.2) is 0 Å². The standard InChI is InChI=1S/C20H16ClN3O2S/c1-12(2)26-16-9-5-14(6-10-16)18-22-20-24(23-18)19(25)17(27-20)11-13-3-7-15(21)8-4-13/h3-12H,1-2H3/b17-11-. The summed E-state index contributed by atoms with van der Waals surface area (Å²) in [6.45, 7) is 3.96. The summed E-state index contributed by atoms with van der Waals surface area (Å²) in [4.78, 5) is 17.7. The fourth-order valence-electron chi connectivity index (χ4n) is 2.62. The van der Waals surface area contributed by atoms with Crippen molar-refractivity contribution in [2.75, 3.05) is 0 Å². The molecule has 2 heterocycles. The van der Waals surface area contributed by atoms with Crippen molar-refractivity contribution in [3.8, 4) is 17.1 Å². The van der Waals surface area contributed by atoms with E-state index in [0.717, 1.165) is 16.9 Å². The van der Waals surface area contributed by atoms with E-state index >= 15 is 0 Å². The molecular weight excluding hydrogens is 382 g/mol. The second-order valence-electron chi connectivity index (χ2n) is 6.29. The molecule has 0 saturated heterocycles. The maximum Gasteiger partial charge on any atom is 0.291 e. The van der Waals surface area contributed by atoms with Crippen LogP contribution in [0, 0.1) is 0 Å². The monoisotopic (exact) mass is 397 g/mol. The molecule has 7 heteroatoms. The minimum atomic E-state index is -0.177. The molecule has 0 aliphatic rings. The number of aromatic nitrogens is 3. The van der Waals surface area contributed by atoms with Gasteiger partial charge in [-0.15, -0.1) is 5.10 Å². The predicted molar refractivity (Wildman–Crippen MR) is 109 cm³/mol. The lowest BCUT2D eigenvalue weighted by molar-refractivity contribution is 0.242. The van der Waals surface area contributed by atoms with Crippen molar-refractivity contribution in [1.29, 1.82) is 0 Å². The summed E-state index contributed by atoms with van der Waals surface area (Å²) in [6.07, 6.45) is 1.93. The lowest BCUT2D eigenvalue weighted by Gasteiger charge is -2.09. The van der Waals surface area contributed by atoms with Crippen LogP contribution in [0.5, 0.6) is 5.75 Å². The Morgan fingerprint density at radius 2 is 1.81 bits per heavy atom. The number of benzene rings is 2. The van der Waals surface area contributed by atoms with Crippen LogP contribution in [0.15, 0.2) is 53.3 Å². The predicted octanol–water partition coefficient (Wildman–Crippen LogP) is 3.81. The third-order valence-corrected chi connectivity index (χ3v) is 5.05. The van der Waals surface area contributed by atoms with Gasteiger partial charge in [-0.2, -0.15) is 9.50 Å². The van der Waals surface area contributed by atoms with Crippen molar-refractivity contribution in [3.05, 3.63) is 74.0 Å². The van der Waals surface area contributed by atoms with Gasteiger partial charge in [0, 0.05) is 10.6 Å². The summed E-state index contributed by atoms with van der Waals surface area (Å²) in [7, 11) is 0. The van der Waals surface area contributed by atoms with E-state index in [1.54, 1.807) is 12.1 Å². The Labute approximate surface area is 164 Å². The maximum atomic E-state index is 12.6. The van der Waals surface area contributed by atoms with Crippen LogP contribution in [0.4, 0.5) is 0 Å². The van der Waals surface area contributed by atoms with Gasteiger partial charge in [-0.05, 0) is 61.9 Å². The summed E-state index contributed by atoms with van der Waals surface area (Å²) in [5, 5.41) is 5.03. The molecule has 136 valence electrons. The maximum absolute atomic E-state index is 12.6. The molecule has 0 N–H and O–H groups in total. The summed E-state index contributed by atoms with van der Waals surface area (Å²) in [5.74, 6) is 1.31. The van der Waals surface area contributed by atoms with E-state index in [1.165, 1.54) is 15.9 Å². The molecule has 0 saturated carbocycles. The number of nitrogens with zero attached hydrogens (tertiary/aromatic N) is 3. The Hall–Kier alpha value is -2.70. The smallest absolute Gasteiger partial charge is 0.291 e. The molecular formula is C20H16ClN3O2S. The van der Waals surface area contributed by atoms with Gasteiger partial charge >= 0.3 is 0 Å². The normalized spacial score (nSPS) is 12.2. The highest BCUT2D eigenvalue weighted by Gasteiger charge is 2.12. The van der Waals surface area contributed by atoms with Gasteiger partial charge < -0.3 is 4.74 Å². The highest BCUT2D eigenvalue weighted by Crippen LogP contribution is 2.21. The quantitative estimate of drug-likeness (QED) is 0.525. The third-order valence-electron chi connectivity index (χ3n) is 3.83. The van der Waals surface area contributed by atoms with Crippen LogP contribution >= 0.6 is 22.9 Å². The first kappa shape index (κ1) is 17.7. The Balaban J connectivity index is 1.68. The minimum absolute atomic E-state index is 0.116. The van der Waals surface area contributed by atoms with Crippen molar-refractivity contribution in [2.45, 2.75) is 20.0 Å². The number of hydrogen-bond donors (Lipinski definition) is 0. The molecule has 27 heavy (non-hydrogen) atoms. The third kappa shape index (κ3) is 3.72. The van der Waals surface area contributed by atoms with E-state index in [2.05, 4.69) is 10.1 Å². The van der Waals surface area contributed by atoms with Gasteiger partial charge in [0.15, 0.2) is 5.82 Å². The van der Waals surface area contributed by atoms with Crippen LogP contribution in [-0.2, 0) is 0 Å². The van der Waals surface area contributed by atoms with Gasteiger partial charge in [0.2, 0.25) is 4.96 Å². The molecule has 0 bridgehead atoms. The van der Waals surface area contributed by atoms with Crippen molar-refractivity contribution >= 4 is 34.0 Å². The van der Waals surface area contributed by atoms with Crippen LogP contribution in [0.25, 0.3) is 22.4 Å². The number of hydrogen-bond acceptors (Lipinski definition) is 5. The number of thiazole rings is 1. The lowest BCUT2D eigenvalue weighted by atomic mass is 10.2. The van der Waals surface area contributed by atoms with Gasteiger partial charge in [0.25, 0.3) is 5.56 Å². The summed E-state index contributed by atoms with van der Waals surface area (Å²) in [6, 6.07) is 14.8. The van der Waals surface area contributed by atoms with Crippen LogP contribution < -0.4 is 14.8 Å². The number of halogens is 1. The van der Waals surface area contributed by atoms with Crippen LogP contribution in [0.3, 0.4) is 0 Å². The van der Waals surface area contributed by atoms with Crippen LogP contribution in [0.2, 0.25) is 5.02 Å². The topological polar surface area (TPSA) is 56.5 Å². The molecule has 5 nitrogen and oxygen atoms in total. The van der Waals surface area contributed by atoms with E-state index in [4.69, 9.17) is 16.3 Å². The largest absolute Gasteiger partial charge is 0.491 e. The van der Waals surface area contributed by atoms with Crippen LogP contribution in [-0.4, -0.2) is 20.7 Å². The van der Waals surface area contributed by atoms with Crippen LogP contribution in [0.1, 0.15) is 19.4 Å². The Kier molecular flexibility index (Phi) is 4.68. The van der Waals surface area contributed by atoms with Crippen molar-refractivity contribution < 1.29 is 4.74 Å². The molecule has 2 aromatic carbocycles. The first-order valence-corrected chi connectivity index (χ1v) is 9.63. The van der Waals surface area contributed by atoms with Gasteiger partial charge in [-0.3, -0.25) is 4.79 Å². The van der Waals surface area contributed by atoms with E-state index < -0.39 is 0 Å². The van der Waals surface area contributed by atoms with E-state index in [1.807, 2.05) is 56.3 Å². The molecule has 0 amide bonds. The first-order chi connectivity index (χ1) is 13.0. The number of rotatable bonds is 4. The second kappa shape index (κ2) is 7.13. The van der Waals surface area contributed by atoms with E-state index in [-0.39, 0.29) is 11.7 Å². The Morgan fingerprint density at radius 3 is 2.44 bits per heavy atom. The summed E-state index contributed by atoms with van der Waals surface area (Å²) < 4.78 is 7.57. The van der Waals surface area contributed by atoms with Crippen molar-refractivity contribution in [3.63, 3.8) is 0 Å². The highest BCUT2D eigenvalue weighted by atomic mass is 35.5.